The number of rotatable bonds is 3. The van der Waals surface area contributed by atoms with Crippen molar-refractivity contribution in [2.24, 2.45) is 5.73 Å². The van der Waals surface area contributed by atoms with E-state index in [9.17, 15) is 4.79 Å². The zero-order valence-corrected chi connectivity index (χ0v) is 11.9. The summed E-state index contributed by atoms with van der Waals surface area (Å²) < 4.78 is 0. The summed E-state index contributed by atoms with van der Waals surface area (Å²) in [5.74, 6) is 0.216. The summed E-state index contributed by atoms with van der Waals surface area (Å²) in [6.07, 6.45) is 1.04. The van der Waals surface area contributed by atoms with Crippen LogP contribution in [0.4, 0.5) is 0 Å². The van der Waals surface area contributed by atoms with E-state index in [1.54, 1.807) is 0 Å². The maximum Gasteiger partial charge on any atom is 0.236 e. The van der Waals surface area contributed by atoms with Crippen molar-refractivity contribution in [2.45, 2.75) is 26.4 Å². The Hall–Kier alpha value is -1.39. The molecule has 1 saturated heterocycles. The lowest BCUT2D eigenvalue weighted by Gasteiger charge is -2.20. The number of hydrogen-bond donors (Lipinski definition) is 1. The summed E-state index contributed by atoms with van der Waals surface area (Å²) in [7, 11) is 1.88. The zero-order valence-electron chi connectivity index (χ0n) is 11.9. The fourth-order valence-corrected chi connectivity index (χ4v) is 2.49. The minimum atomic E-state index is 0.216. The van der Waals surface area contributed by atoms with E-state index in [0.717, 1.165) is 31.6 Å². The molecule has 1 amide bonds. The van der Waals surface area contributed by atoms with E-state index in [0.29, 0.717) is 13.1 Å². The van der Waals surface area contributed by atoms with Crippen LogP contribution in [0.3, 0.4) is 0 Å². The highest BCUT2D eigenvalue weighted by molar-refractivity contribution is 5.78. The van der Waals surface area contributed by atoms with Crippen molar-refractivity contribution in [3.63, 3.8) is 0 Å². The molecule has 1 aromatic carbocycles. The second-order valence-corrected chi connectivity index (χ2v) is 5.34. The third-order valence-corrected chi connectivity index (χ3v) is 3.79. The number of carbonyl (C=O) groups excluding carboxylic acids is 1. The van der Waals surface area contributed by atoms with Crippen molar-refractivity contribution in [1.29, 1.82) is 0 Å². The molecule has 1 fully saturated rings. The van der Waals surface area contributed by atoms with Crippen LogP contribution in [0.25, 0.3) is 0 Å². The van der Waals surface area contributed by atoms with Gasteiger partial charge in [-0.1, -0.05) is 18.2 Å². The predicted octanol–water partition coefficient (Wildman–Crippen LogP) is 1.12. The van der Waals surface area contributed by atoms with E-state index >= 15 is 0 Å². The van der Waals surface area contributed by atoms with Crippen molar-refractivity contribution in [2.75, 3.05) is 26.7 Å². The van der Waals surface area contributed by atoms with Crippen molar-refractivity contribution in [3.8, 4) is 0 Å². The average Bonchev–Trinajstić information content (AvgIpc) is 2.54. The van der Waals surface area contributed by atoms with Crippen LogP contribution in [0.5, 0.6) is 0 Å². The van der Waals surface area contributed by atoms with Gasteiger partial charge in [-0.15, -0.1) is 0 Å². The van der Waals surface area contributed by atoms with Crippen LogP contribution in [-0.4, -0.2) is 42.4 Å². The lowest BCUT2D eigenvalue weighted by molar-refractivity contribution is -0.130. The largest absolute Gasteiger partial charge is 0.345 e. The topological polar surface area (TPSA) is 49.6 Å². The number of carbonyl (C=O) groups is 1. The summed E-state index contributed by atoms with van der Waals surface area (Å²) in [5.41, 5.74) is 9.35. The number of aryl methyl sites for hydroxylation is 1. The molecule has 0 aromatic heterocycles. The van der Waals surface area contributed by atoms with E-state index < -0.39 is 0 Å². The number of nitrogens with zero attached hydrogens (tertiary/aromatic N) is 2. The SMILES string of the molecule is Cc1cc(CN)ccc1CN1CCCN(C)C(=O)C1. The molecular formula is C15H23N3O. The van der Waals surface area contributed by atoms with Crippen LogP contribution in [-0.2, 0) is 17.9 Å². The average molecular weight is 261 g/mol. The minimum Gasteiger partial charge on any atom is -0.345 e. The molecule has 0 atom stereocenters. The first-order chi connectivity index (χ1) is 9.10. The molecule has 1 aliphatic rings. The van der Waals surface area contributed by atoms with Crippen LogP contribution in [0, 0.1) is 6.92 Å². The lowest BCUT2D eigenvalue weighted by atomic mass is 10.0. The number of benzene rings is 1. The highest BCUT2D eigenvalue weighted by Crippen LogP contribution is 2.15. The lowest BCUT2D eigenvalue weighted by Crippen LogP contribution is -2.34. The van der Waals surface area contributed by atoms with Gasteiger partial charge in [-0.2, -0.15) is 0 Å². The third-order valence-electron chi connectivity index (χ3n) is 3.79. The van der Waals surface area contributed by atoms with Gasteiger partial charge in [0.15, 0.2) is 0 Å². The Morgan fingerprint density at radius 2 is 2.11 bits per heavy atom. The number of nitrogens with two attached hydrogens (primary N) is 1. The van der Waals surface area contributed by atoms with Crippen LogP contribution < -0.4 is 5.73 Å². The Kier molecular flexibility index (Phi) is 4.56. The summed E-state index contributed by atoms with van der Waals surface area (Å²) in [4.78, 5) is 15.9. The first kappa shape index (κ1) is 14.0. The normalized spacial score (nSPS) is 17.6. The molecule has 4 heteroatoms. The van der Waals surface area contributed by atoms with E-state index in [1.165, 1.54) is 11.1 Å². The van der Waals surface area contributed by atoms with Gasteiger partial charge in [0.25, 0.3) is 0 Å². The fraction of sp³-hybridized carbons (Fsp3) is 0.533. The highest BCUT2D eigenvalue weighted by Gasteiger charge is 2.19. The second-order valence-electron chi connectivity index (χ2n) is 5.34. The Labute approximate surface area is 115 Å². The van der Waals surface area contributed by atoms with Gasteiger partial charge in [0.05, 0.1) is 6.54 Å². The van der Waals surface area contributed by atoms with Gasteiger partial charge < -0.3 is 10.6 Å². The van der Waals surface area contributed by atoms with E-state index in [1.807, 2.05) is 11.9 Å². The van der Waals surface area contributed by atoms with Crippen molar-refractivity contribution in [3.05, 3.63) is 34.9 Å². The van der Waals surface area contributed by atoms with E-state index in [4.69, 9.17) is 5.73 Å². The van der Waals surface area contributed by atoms with Crippen LogP contribution in [0.1, 0.15) is 23.1 Å². The molecule has 2 rings (SSSR count). The van der Waals surface area contributed by atoms with Crippen LogP contribution in [0.15, 0.2) is 18.2 Å². The summed E-state index contributed by atoms with van der Waals surface area (Å²) in [6.45, 7) is 5.90. The monoisotopic (exact) mass is 261 g/mol. The molecule has 1 aliphatic heterocycles. The molecule has 0 spiro atoms. The van der Waals surface area contributed by atoms with E-state index in [2.05, 4.69) is 30.0 Å². The van der Waals surface area contributed by atoms with Crippen molar-refractivity contribution < 1.29 is 4.79 Å². The maximum atomic E-state index is 11.9. The Morgan fingerprint density at radius 1 is 1.32 bits per heavy atom. The van der Waals surface area contributed by atoms with Gasteiger partial charge in [-0.05, 0) is 30.0 Å². The second kappa shape index (κ2) is 6.17. The van der Waals surface area contributed by atoms with Crippen LogP contribution >= 0.6 is 0 Å². The van der Waals surface area contributed by atoms with E-state index in [-0.39, 0.29) is 5.91 Å². The van der Waals surface area contributed by atoms with Gasteiger partial charge in [0, 0.05) is 33.2 Å². The van der Waals surface area contributed by atoms with Gasteiger partial charge in [-0.25, -0.2) is 0 Å². The highest BCUT2D eigenvalue weighted by atomic mass is 16.2. The third kappa shape index (κ3) is 3.55. The molecule has 1 aromatic rings. The summed E-state index contributed by atoms with van der Waals surface area (Å²) in [6, 6.07) is 6.35. The molecule has 0 bridgehead atoms. The Balaban J connectivity index is 2.06. The summed E-state index contributed by atoms with van der Waals surface area (Å²) in [5, 5.41) is 0. The summed E-state index contributed by atoms with van der Waals surface area (Å²) >= 11 is 0. The molecule has 0 radical (unpaired) electrons. The van der Waals surface area contributed by atoms with Gasteiger partial charge >= 0.3 is 0 Å². The number of likely N-dealkylation sites (N-methyl/N-ethyl adjacent to an activating group) is 1. The Bertz CT molecular complexity index is 459. The molecule has 0 unspecified atom stereocenters. The predicted molar refractivity (Wildman–Crippen MR) is 76.6 cm³/mol. The quantitative estimate of drug-likeness (QED) is 0.887. The molecule has 1 heterocycles. The smallest absolute Gasteiger partial charge is 0.236 e. The molecule has 104 valence electrons. The standard InChI is InChI=1S/C15H23N3O/c1-12-8-13(9-16)4-5-14(12)10-18-7-3-6-17(2)15(19)11-18/h4-5,8H,3,6-7,9-11,16H2,1-2H3. The zero-order chi connectivity index (χ0) is 13.8. The fourth-order valence-electron chi connectivity index (χ4n) is 2.49. The Morgan fingerprint density at radius 3 is 2.79 bits per heavy atom. The van der Waals surface area contributed by atoms with Gasteiger partial charge in [-0.3, -0.25) is 9.69 Å². The maximum absolute atomic E-state index is 11.9. The van der Waals surface area contributed by atoms with Crippen LogP contribution in [0.2, 0.25) is 0 Å². The first-order valence-electron chi connectivity index (χ1n) is 6.85. The molecule has 2 N–H and O–H groups in total. The first-order valence-corrected chi connectivity index (χ1v) is 6.85. The van der Waals surface area contributed by atoms with Gasteiger partial charge in [0.2, 0.25) is 5.91 Å². The molecule has 4 nitrogen and oxygen atoms in total. The molecular weight excluding hydrogens is 238 g/mol. The number of amides is 1. The van der Waals surface area contributed by atoms with Crippen molar-refractivity contribution >= 4 is 5.91 Å². The van der Waals surface area contributed by atoms with Gasteiger partial charge in [0.1, 0.15) is 0 Å². The van der Waals surface area contributed by atoms with Crippen molar-refractivity contribution in [1.82, 2.24) is 9.80 Å². The molecule has 0 aliphatic carbocycles. The number of hydrogen-bond acceptors (Lipinski definition) is 3. The minimum absolute atomic E-state index is 0.216. The molecule has 19 heavy (non-hydrogen) atoms. The molecule has 0 saturated carbocycles.